The first-order valence-corrected chi connectivity index (χ1v) is 14.7. The Morgan fingerprint density at radius 2 is 0.977 bits per heavy atom. The highest BCUT2D eigenvalue weighted by atomic mass is 15.2. The zero-order valence-electron chi connectivity index (χ0n) is 25.1. The second-order valence-electron chi connectivity index (χ2n) is 10.8. The van der Waals surface area contributed by atoms with Gasteiger partial charge in [-0.1, -0.05) is 24.3 Å². The highest BCUT2D eigenvalue weighted by molar-refractivity contribution is 5.72. The molecule has 44 heavy (non-hydrogen) atoms. The predicted molar refractivity (Wildman–Crippen MR) is 176 cm³/mol. The van der Waals surface area contributed by atoms with E-state index in [1.807, 2.05) is 48.8 Å². The minimum Gasteiger partial charge on any atom is -0.265 e. The summed E-state index contributed by atoms with van der Waals surface area (Å²) in [6.07, 6.45) is 23.6. The van der Waals surface area contributed by atoms with E-state index in [0.717, 1.165) is 50.6 Å². The first kappa shape index (κ1) is 28.5. The van der Waals surface area contributed by atoms with E-state index >= 15 is 0 Å². The van der Waals surface area contributed by atoms with Crippen LogP contribution in [0.25, 0.3) is 47.1 Å². The maximum absolute atomic E-state index is 4.80. The third-order valence-electron chi connectivity index (χ3n) is 7.53. The highest BCUT2D eigenvalue weighted by Crippen LogP contribution is 2.21. The Balaban J connectivity index is 1.40. The number of nitrogens with zero attached hydrogens (tertiary/aromatic N) is 6. The third-order valence-corrected chi connectivity index (χ3v) is 7.53. The van der Waals surface area contributed by atoms with Crippen molar-refractivity contribution in [3.63, 3.8) is 0 Å². The molecule has 0 saturated carbocycles. The summed E-state index contributed by atoms with van der Waals surface area (Å²) in [6.45, 7) is 6.42. The van der Waals surface area contributed by atoms with Gasteiger partial charge in [0.2, 0.25) is 11.4 Å². The molecule has 0 amide bonds. The number of hydrogen-bond donors (Lipinski definition) is 0. The van der Waals surface area contributed by atoms with Crippen LogP contribution in [-0.2, 0) is 0 Å². The predicted octanol–water partition coefficient (Wildman–Crippen LogP) is 7.20. The molecule has 6 aromatic heterocycles. The Kier molecular flexibility index (Phi) is 8.50. The maximum atomic E-state index is 4.80. The molecule has 0 aliphatic rings. The lowest BCUT2D eigenvalue weighted by molar-refractivity contribution is -0.931. The summed E-state index contributed by atoms with van der Waals surface area (Å²) in [5.41, 5.74) is 10.6. The van der Waals surface area contributed by atoms with Crippen LogP contribution in [0, 0.1) is 13.8 Å². The quantitative estimate of drug-likeness (QED) is 0.180. The lowest BCUT2D eigenvalue weighted by Gasteiger charge is -2.12. The highest BCUT2D eigenvalue weighted by Gasteiger charge is 2.31. The summed E-state index contributed by atoms with van der Waals surface area (Å²) in [5, 5.41) is 0. The molecular weight excluding hydrogens is 540 g/mol. The van der Waals surface area contributed by atoms with Crippen LogP contribution in [0.4, 0.5) is 0 Å². The molecule has 0 fully saturated rings. The molecule has 0 aliphatic carbocycles. The summed E-state index contributed by atoms with van der Waals surface area (Å²) in [5.74, 6) is 0. The number of aromatic nitrogens is 6. The van der Waals surface area contributed by atoms with Crippen LogP contribution in [0.15, 0.2) is 122 Å². The van der Waals surface area contributed by atoms with Gasteiger partial charge < -0.3 is 0 Å². The molecule has 0 N–H and O–H groups in total. The van der Waals surface area contributed by atoms with Crippen molar-refractivity contribution in [3.05, 3.63) is 156 Å². The first-order valence-electron chi connectivity index (χ1n) is 14.7. The van der Waals surface area contributed by atoms with Crippen LogP contribution in [0.1, 0.15) is 46.5 Å². The van der Waals surface area contributed by atoms with Gasteiger partial charge in [-0.15, -0.1) is 9.13 Å². The number of hydrogen-bond acceptors (Lipinski definition) is 4. The summed E-state index contributed by atoms with van der Waals surface area (Å²) < 4.78 is 4.55. The van der Waals surface area contributed by atoms with Gasteiger partial charge in [0, 0.05) is 61.4 Å². The van der Waals surface area contributed by atoms with Crippen molar-refractivity contribution >= 4 is 24.3 Å². The molecule has 0 aliphatic heterocycles. The lowest BCUT2D eigenvalue weighted by Crippen LogP contribution is -2.57. The van der Waals surface area contributed by atoms with E-state index in [-0.39, 0.29) is 6.17 Å². The fraction of sp³-hybridized carbons (Fsp3) is 0.105. The molecule has 0 aromatic carbocycles. The van der Waals surface area contributed by atoms with Crippen molar-refractivity contribution in [2.24, 2.45) is 0 Å². The number of aryl methyl sites for hydroxylation is 2. The third kappa shape index (κ3) is 6.71. The van der Waals surface area contributed by atoms with Gasteiger partial charge in [-0.2, -0.15) is 0 Å². The summed E-state index contributed by atoms with van der Waals surface area (Å²) in [6, 6.07) is 25.0. The zero-order chi connectivity index (χ0) is 30.3. The molecule has 6 heterocycles. The molecule has 0 saturated heterocycles. The molecule has 1 unspecified atom stereocenters. The van der Waals surface area contributed by atoms with Crippen molar-refractivity contribution < 1.29 is 9.13 Å². The molecular formula is C38H34N6+2. The van der Waals surface area contributed by atoms with Crippen LogP contribution < -0.4 is 9.13 Å². The molecule has 6 rings (SSSR count). The van der Waals surface area contributed by atoms with Crippen molar-refractivity contribution in [1.82, 2.24) is 19.9 Å². The van der Waals surface area contributed by atoms with Crippen LogP contribution in [0.3, 0.4) is 0 Å². The van der Waals surface area contributed by atoms with Gasteiger partial charge in [-0.05, 0) is 95.8 Å². The SMILES string of the molecule is Cc1ccnc(-c2cc(/C=C/c3ccncc3)cc[n+]2C(C)[n+]2ccc(C)cc2-c2cc(/C=C/c3ccncc3)ccn2)c1. The Labute approximate surface area is 258 Å². The smallest absolute Gasteiger partial charge is 0.265 e. The Bertz CT molecular complexity index is 1950. The van der Waals surface area contributed by atoms with E-state index in [2.05, 4.69) is 113 Å². The molecule has 6 heteroatoms. The standard InChI is InChI=1S/C38H34N6/c1-28-8-20-41-35(24-28)38-27-34(7-5-32-11-18-40-19-12-32)15-23-44(38)30(3)43-22-14-29(2)25-37(43)36-26-33(13-21-42-36)6-4-31-9-16-39-17-10-31/h4-27,30H,1-3H3/q+2/b6-4+,7-5+. The van der Waals surface area contributed by atoms with Gasteiger partial charge in [0.25, 0.3) is 0 Å². The Morgan fingerprint density at radius 3 is 1.61 bits per heavy atom. The summed E-state index contributed by atoms with van der Waals surface area (Å²) >= 11 is 0. The average Bonchev–Trinajstić information content (AvgIpc) is 3.07. The molecule has 6 nitrogen and oxygen atoms in total. The number of pyridine rings is 6. The van der Waals surface area contributed by atoms with Crippen LogP contribution in [0.5, 0.6) is 0 Å². The van der Waals surface area contributed by atoms with Crippen LogP contribution in [0.2, 0.25) is 0 Å². The molecule has 0 bridgehead atoms. The zero-order valence-corrected chi connectivity index (χ0v) is 25.1. The largest absolute Gasteiger partial charge is 0.350 e. The van der Waals surface area contributed by atoms with E-state index in [4.69, 9.17) is 9.97 Å². The van der Waals surface area contributed by atoms with Gasteiger partial charge in [0.1, 0.15) is 11.4 Å². The first-order chi connectivity index (χ1) is 21.5. The molecule has 0 radical (unpaired) electrons. The van der Waals surface area contributed by atoms with E-state index in [0.29, 0.717) is 0 Å². The maximum Gasteiger partial charge on any atom is 0.350 e. The molecule has 0 spiro atoms. The monoisotopic (exact) mass is 574 g/mol. The van der Waals surface area contributed by atoms with E-state index in [1.54, 1.807) is 24.8 Å². The van der Waals surface area contributed by atoms with Crippen molar-refractivity contribution in [2.75, 3.05) is 0 Å². The lowest BCUT2D eigenvalue weighted by atomic mass is 10.1. The second kappa shape index (κ2) is 13.1. The Hall–Kier alpha value is -5.62. The van der Waals surface area contributed by atoms with Gasteiger partial charge >= 0.3 is 6.17 Å². The minimum absolute atomic E-state index is 0.0704. The van der Waals surface area contributed by atoms with Crippen molar-refractivity contribution in [3.8, 4) is 22.8 Å². The summed E-state index contributed by atoms with van der Waals surface area (Å²) in [7, 11) is 0. The van der Waals surface area contributed by atoms with Gasteiger partial charge in [0.05, 0.1) is 6.92 Å². The second-order valence-corrected chi connectivity index (χ2v) is 10.8. The fourth-order valence-corrected chi connectivity index (χ4v) is 5.15. The van der Waals surface area contributed by atoms with E-state index in [1.165, 1.54) is 5.56 Å². The molecule has 1 atom stereocenters. The Morgan fingerprint density at radius 1 is 0.500 bits per heavy atom. The fourth-order valence-electron chi connectivity index (χ4n) is 5.15. The topological polar surface area (TPSA) is 59.3 Å². The average molecular weight is 575 g/mol. The minimum atomic E-state index is -0.0704. The van der Waals surface area contributed by atoms with Crippen molar-refractivity contribution in [2.45, 2.75) is 26.9 Å². The summed E-state index contributed by atoms with van der Waals surface area (Å²) in [4.78, 5) is 17.8. The van der Waals surface area contributed by atoms with E-state index < -0.39 is 0 Å². The van der Waals surface area contributed by atoms with Crippen molar-refractivity contribution in [1.29, 1.82) is 0 Å². The normalized spacial score (nSPS) is 12.2. The van der Waals surface area contributed by atoms with E-state index in [9.17, 15) is 0 Å². The molecule has 214 valence electrons. The van der Waals surface area contributed by atoms with Gasteiger partial charge in [0.15, 0.2) is 12.4 Å². The van der Waals surface area contributed by atoms with Gasteiger partial charge in [-0.25, -0.2) is 9.97 Å². The number of rotatable bonds is 8. The molecule has 6 aromatic rings. The van der Waals surface area contributed by atoms with Crippen LogP contribution >= 0.6 is 0 Å². The van der Waals surface area contributed by atoms with Gasteiger partial charge in [-0.3, -0.25) is 9.97 Å². The van der Waals surface area contributed by atoms with Crippen LogP contribution in [-0.4, -0.2) is 19.9 Å².